The predicted molar refractivity (Wildman–Crippen MR) is 67.0 cm³/mol. The first kappa shape index (κ1) is 12.9. The van der Waals surface area contributed by atoms with Crippen molar-refractivity contribution in [3.05, 3.63) is 33.8 Å². The first-order valence-corrected chi connectivity index (χ1v) is 6.20. The van der Waals surface area contributed by atoms with Crippen LogP contribution < -0.4 is 0 Å². The van der Waals surface area contributed by atoms with E-state index in [4.69, 9.17) is 11.6 Å². The molecule has 1 rings (SSSR count). The van der Waals surface area contributed by atoms with Gasteiger partial charge in [-0.3, -0.25) is 9.59 Å². The summed E-state index contributed by atoms with van der Waals surface area (Å²) in [6, 6.07) is 4.89. The van der Waals surface area contributed by atoms with Crippen LogP contribution in [0.3, 0.4) is 0 Å². The first-order valence-electron chi connectivity index (χ1n) is 4.11. The van der Waals surface area contributed by atoms with Gasteiger partial charge in [0.2, 0.25) is 0 Å². The van der Waals surface area contributed by atoms with Gasteiger partial charge < -0.3 is 0 Å². The van der Waals surface area contributed by atoms with E-state index in [1.807, 2.05) is 0 Å². The number of carbonyl (C=O) groups excluding carboxylic acids is 2. The molecule has 1 aromatic rings. The maximum Gasteiger partial charge on any atom is 0.253 e. The minimum absolute atomic E-state index is 0.175. The molecular formula is C10H7Br2ClO2. The maximum absolute atomic E-state index is 11.8. The second-order valence-corrected chi connectivity index (χ2v) is 5.49. The van der Waals surface area contributed by atoms with Gasteiger partial charge in [-0.15, -0.1) is 0 Å². The molecule has 0 heterocycles. The Balaban J connectivity index is 3.37. The topological polar surface area (TPSA) is 34.1 Å². The van der Waals surface area contributed by atoms with E-state index < -0.39 is 5.24 Å². The Bertz CT molecular complexity index is 416. The lowest BCUT2D eigenvalue weighted by Gasteiger charge is -2.08. The Labute approximate surface area is 109 Å². The van der Waals surface area contributed by atoms with E-state index in [1.165, 1.54) is 6.07 Å². The predicted octanol–water partition coefficient (Wildman–Crippen LogP) is 3.79. The highest BCUT2D eigenvalue weighted by atomic mass is 79.9. The molecule has 0 bridgehead atoms. The minimum atomic E-state index is -0.632. The van der Waals surface area contributed by atoms with Gasteiger partial charge in [0, 0.05) is 15.6 Å². The molecule has 1 aromatic carbocycles. The van der Waals surface area contributed by atoms with E-state index >= 15 is 0 Å². The molecule has 80 valence electrons. The molecule has 0 saturated carbocycles. The summed E-state index contributed by atoms with van der Waals surface area (Å²) < 4.78 is 0.574. The molecule has 0 aliphatic rings. The summed E-state index contributed by atoms with van der Waals surface area (Å²) in [5, 5.41) is -0.632. The van der Waals surface area contributed by atoms with Gasteiger partial charge in [-0.2, -0.15) is 0 Å². The van der Waals surface area contributed by atoms with Crippen molar-refractivity contribution in [2.24, 2.45) is 0 Å². The van der Waals surface area contributed by atoms with Crippen LogP contribution in [0.25, 0.3) is 0 Å². The van der Waals surface area contributed by atoms with Gasteiger partial charge in [-0.05, 0) is 30.7 Å². The summed E-state index contributed by atoms with van der Waals surface area (Å²) in [5.41, 5.74) is 0.546. The largest absolute Gasteiger partial charge is 0.293 e. The van der Waals surface area contributed by atoms with Gasteiger partial charge in [0.25, 0.3) is 5.24 Å². The van der Waals surface area contributed by atoms with Gasteiger partial charge in [0.1, 0.15) is 0 Å². The first-order chi connectivity index (χ1) is 6.95. The fourth-order valence-electron chi connectivity index (χ4n) is 1.14. The summed E-state index contributed by atoms with van der Waals surface area (Å²) in [6.45, 7) is 1.70. The van der Waals surface area contributed by atoms with Crippen LogP contribution in [0.15, 0.2) is 22.7 Å². The van der Waals surface area contributed by atoms with Gasteiger partial charge in [0.05, 0.1) is 4.83 Å². The van der Waals surface area contributed by atoms with E-state index in [-0.39, 0.29) is 16.2 Å². The molecule has 0 N–H and O–H groups in total. The molecule has 0 fully saturated rings. The lowest BCUT2D eigenvalue weighted by Crippen LogP contribution is -2.14. The second-order valence-electron chi connectivity index (χ2n) is 2.92. The zero-order chi connectivity index (χ0) is 11.6. The number of hydrogen-bond acceptors (Lipinski definition) is 2. The Hall–Kier alpha value is -0.190. The highest BCUT2D eigenvalue weighted by molar-refractivity contribution is 9.10. The normalized spacial score (nSPS) is 12.3. The number of carbonyl (C=O) groups is 2. The molecule has 0 amide bonds. The number of halogens is 3. The molecule has 1 unspecified atom stereocenters. The van der Waals surface area contributed by atoms with Crippen LogP contribution in [0, 0.1) is 0 Å². The standard InChI is InChI=1S/C10H7Br2ClO2/c1-5(11)9(14)8-6(10(13)15)3-2-4-7(8)12/h2-5H,1H3. The number of ketones is 1. The Morgan fingerprint density at radius 1 is 1.40 bits per heavy atom. The van der Waals surface area contributed by atoms with Crippen LogP contribution in [0.4, 0.5) is 0 Å². The molecule has 0 saturated heterocycles. The van der Waals surface area contributed by atoms with Crippen molar-refractivity contribution in [1.82, 2.24) is 0 Å². The lowest BCUT2D eigenvalue weighted by atomic mass is 10.0. The third-order valence-electron chi connectivity index (χ3n) is 1.83. The van der Waals surface area contributed by atoms with Crippen LogP contribution in [-0.2, 0) is 0 Å². The lowest BCUT2D eigenvalue weighted by molar-refractivity contribution is 0.0984. The molecule has 1 atom stereocenters. The Kier molecular flexibility index (Phi) is 4.49. The van der Waals surface area contributed by atoms with Crippen molar-refractivity contribution in [3.8, 4) is 0 Å². The van der Waals surface area contributed by atoms with Crippen LogP contribution in [0.2, 0.25) is 0 Å². The molecule has 5 heteroatoms. The van der Waals surface area contributed by atoms with Crippen molar-refractivity contribution in [3.63, 3.8) is 0 Å². The van der Waals surface area contributed by atoms with Crippen molar-refractivity contribution < 1.29 is 9.59 Å². The summed E-state index contributed by atoms with van der Waals surface area (Å²) in [4.78, 5) is 22.6. The summed E-state index contributed by atoms with van der Waals surface area (Å²) >= 11 is 11.8. The second kappa shape index (κ2) is 5.23. The number of rotatable bonds is 3. The van der Waals surface area contributed by atoms with E-state index in [9.17, 15) is 9.59 Å². The van der Waals surface area contributed by atoms with Crippen LogP contribution >= 0.6 is 43.5 Å². The zero-order valence-corrected chi connectivity index (χ0v) is 11.7. The highest BCUT2D eigenvalue weighted by Crippen LogP contribution is 2.25. The maximum atomic E-state index is 11.8. The average molecular weight is 354 g/mol. The average Bonchev–Trinajstić information content (AvgIpc) is 2.16. The minimum Gasteiger partial charge on any atom is -0.293 e. The third-order valence-corrected chi connectivity index (χ3v) is 3.11. The number of alkyl halides is 1. The van der Waals surface area contributed by atoms with E-state index in [0.717, 1.165) is 0 Å². The van der Waals surface area contributed by atoms with Crippen LogP contribution in [-0.4, -0.2) is 15.9 Å². The van der Waals surface area contributed by atoms with Crippen molar-refractivity contribution in [2.45, 2.75) is 11.8 Å². The number of benzene rings is 1. The molecule has 0 radical (unpaired) electrons. The third kappa shape index (κ3) is 2.89. The van der Waals surface area contributed by atoms with Gasteiger partial charge in [-0.25, -0.2) is 0 Å². The summed E-state index contributed by atoms with van der Waals surface area (Å²) in [7, 11) is 0. The van der Waals surface area contributed by atoms with Gasteiger partial charge in [-0.1, -0.05) is 37.9 Å². The van der Waals surface area contributed by atoms with Gasteiger partial charge >= 0.3 is 0 Å². The van der Waals surface area contributed by atoms with Crippen LogP contribution in [0.5, 0.6) is 0 Å². The fraction of sp³-hybridized carbons (Fsp3) is 0.200. The number of Topliss-reactive ketones (excluding diaryl/α,β-unsaturated/α-hetero) is 1. The van der Waals surface area contributed by atoms with E-state index in [0.29, 0.717) is 10.0 Å². The van der Waals surface area contributed by atoms with Crippen LogP contribution in [0.1, 0.15) is 27.6 Å². The van der Waals surface area contributed by atoms with E-state index in [1.54, 1.807) is 19.1 Å². The Morgan fingerprint density at radius 3 is 2.47 bits per heavy atom. The summed E-state index contributed by atoms with van der Waals surface area (Å²) in [6.07, 6.45) is 0. The quantitative estimate of drug-likeness (QED) is 0.470. The molecule has 0 spiro atoms. The highest BCUT2D eigenvalue weighted by Gasteiger charge is 2.21. The fourth-order valence-corrected chi connectivity index (χ4v) is 2.09. The summed E-state index contributed by atoms with van der Waals surface area (Å²) in [5.74, 6) is -0.175. The molecule has 15 heavy (non-hydrogen) atoms. The SMILES string of the molecule is CC(Br)C(=O)c1c(Br)cccc1C(=O)Cl. The Morgan fingerprint density at radius 2 is 2.00 bits per heavy atom. The zero-order valence-electron chi connectivity index (χ0n) is 7.76. The van der Waals surface area contributed by atoms with Gasteiger partial charge in [0.15, 0.2) is 5.78 Å². The monoisotopic (exact) mass is 352 g/mol. The van der Waals surface area contributed by atoms with Crippen molar-refractivity contribution in [1.29, 1.82) is 0 Å². The van der Waals surface area contributed by atoms with E-state index in [2.05, 4.69) is 31.9 Å². The molecule has 0 aromatic heterocycles. The molecule has 0 aliphatic carbocycles. The molecule has 2 nitrogen and oxygen atoms in total. The molecular weight excluding hydrogens is 347 g/mol. The van der Waals surface area contributed by atoms with Crippen molar-refractivity contribution in [2.75, 3.05) is 0 Å². The molecule has 0 aliphatic heterocycles. The number of hydrogen-bond donors (Lipinski definition) is 0. The smallest absolute Gasteiger partial charge is 0.253 e. The van der Waals surface area contributed by atoms with Crippen molar-refractivity contribution >= 4 is 54.5 Å².